The van der Waals surface area contributed by atoms with Crippen molar-refractivity contribution in [3.05, 3.63) is 45.5 Å². The van der Waals surface area contributed by atoms with Crippen molar-refractivity contribution in [3.8, 4) is 0 Å². The Morgan fingerprint density at radius 2 is 2.30 bits per heavy atom. The summed E-state index contributed by atoms with van der Waals surface area (Å²) in [6.45, 7) is 0. The number of benzene rings is 1. The number of hydrogen-bond acceptors (Lipinski definition) is 7. The molecule has 2 aromatic rings. The summed E-state index contributed by atoms with van der Waals surface area (Å²) in [5.74, 6) is 0.260. The van der Waals surface area contributed by atoms with E-state index in [-0.39, 0.29) is 17.0 Å². The molecule has 0 aliphatic carbocycles. The van der Waals surface area contributed by atoms with E-state index < -0.39 is 4.92 Å². The molecule has 7 nitrogen and oxygen atoms in total. The SMILES string of the molecule is O=C1CSC(c2cccc([N+](=O)[O-])c2)N1c1nncs1. The molecule has 1 aromatic carbocycles. The van der Waals surface area contributed by atoms with Crippen molar-refractivity contribution in [1.82, 2.24) is 10.2 Å². The summed E-state index contributed by atoms with van der Waals surface area (Å²) in [4.78, 5) is 23.9. The number of anilines is 1. The molecule has 0 saturated carbocycles. The lowest BCUT2D eigenvalue weighted by atomic mass is 10.2. The number of nitro groups is 1. The molecular formula is C11H8N4O3S2. The zero-order valence-electron chi connectivity index (χ0n) is 10.0. The molecule has 102 valence electrons. The van der Waals surface area contributed by atoms with Crippen LogP contribution in [0.4, 0.5) is 10.8 Å². The molecule has 0 bridgehead atoms. The Morgan fingerprint density at radius 1 is 1.45 bits per heavy atom. The third kappa shape index (κ3) is 2.25. The molecule has 0 radical (unpaired) electrons. The van der Waals surface area contributed by atoms with E-state index in [4.69, 9.17) is 0 Å². The molecule has 1 atom stereocenters. The van der Waals surface area contributed by atoms with Crippen LogP contribution in [-0.2, 0) is 4.79 Å². The Morgan fingerprint density at radius 3 is 3.00 bits per heavy atom. The van der Waals surface area contributed by atoms with Crippen LogP contribution in [0, 0.1) is 10.1 Å². The molecule has 2 heterocycles. The van der Waals surface area contributed by atoms with Crippen LogP contribution in [0.15, 0.2) is 29.8 Å². The lowest BCUT2D eigenvalue weighted by Crippen LogP contribution is -2.27. The van der Waals surface area contributed by atoms with Gasteiger partial charge in [-0.25, -0.2) is 0 Å². The Bertz CT molecular complexity index is 661. The highest BCUT2D eigenvalue weighted by atomic mass is 32.2. The highest BCUT2D eigenvalue weighted by Crippen LogP contribution is 2.42. The third-order valence-corrected chi connectivity index (χ3v) is 4.69. The van der Waals surface area contributed by atoms with Crippen LogP contribution in [0.2, 0.25) is 0 Å². The van der Waals surface area contributed by atoms with Crippen molar-refractivity contribution >= 4 is 39.8 Å². The largest absolute Gasteiger partial charge is 0.273 e. The molecule has 1 fully saturated rings. The van der Waals surface area contributed by atoms with Crippen molar-refractivity contribution < 1.29 is 9.72 Å². The van der Waals surface area contributed by atoms with E-state index in [1.165, 1.54) is 35.2 Å². The average molecular weight is 308 g/mol. The third-order valence-electron chi connectivity index (χ3n) is 2.79. The van der Waals surface area contributed by atoms with Gasteiger partial charge in [0.05, 0.1) is 10.7 Å². The van der Waals surface area contributed by atoms with E-state index in [0.717, 1.165) is 0 Å². The molecule has 3 rings (SSSR count). The van der Waals surface area contributed by atoms with Gasteiger partial charge < -0.3 is 0 Å². The van der Waals surface area contributed by atoms with Gasteiger partial charge in [-0.2, -0.15) is 0 Å². The monoisotopic (exact) mass is 308 g/mol. The van der Waals surface area contributed by atoms with Gasteiger partial charge >= 0.3 is 0 Å². The maximum absolute atomic E-state index is 12.0. The summed E-state index contributed by atoms with van der Waals surface area (Å²) < 4.78 is 0. The number of nitrogens with zero attached hydrogens (tertiary/aromatic N) is 4. The summed E-state index contributed by atoms with van der Waals surface area (Å²) in [6.07, 6.45) is 0. The number of aromatic nitrogens is 2. The van der Waals surface area contributed by atoms with E-state index in [0.29, 0.717) is 16.4 Å². The Balaban J connectivity index is 1.98. The van der Waals surface area contributed by atoms with E-state index in [1.807, 2.05) is 0 Å². The van der Waals surface area contributed by atoms with Gasteiger partial charge in [0.15, 0.2) is 0 Å². The van der Waals surface area contributed by atoms with Crippen molar-refractivity contribution in [2.24, 2.45) is 0 Å². The Hall–Kier alpha value is -2.00. The molecule has 1 unspecified atom stereocenters. The van der Waals surface area contributed by atoms with Gasteiger partial charge in [0.2, 0.25) is 11.0 Å². The van der Waals surface area contributed by atoms with E-state index in [1.54, 1.807) is 22.5 Å². The number of amides is 1. The smallest absolute Gasteiger partial charge is 0.269 e. The minimum atomic E-state index is -0.444. The fourth-order valence-electron chi connectivity index (χ4n) is 1.94. The second-order valence-corrected chi connectivity index (χ2v) is 5.88. The number of hydrogen-bond donors (Lipinski definition) is 0. The minimum absolute atomic E-state index is 0.0136. The lowest BCUT2D eigenvalue weighted by Gasteiger charge is -2.20. The van der Waals surface area contributed by atoms with Gasteiger partial charge in [0.1, 0.15) is 10.9 Å². The molecule has 1 aliphatic rings. The van der Waals surface area contributed by atoms with Gasteiger partial charge in [-0.1, -0.05) is 23.5 Å². The molecule has 9 heteroatoms. The first-order valence-electron chi connectivity index (χ1n) is 5.61. The van der Waals surface area contributed by atoms with Crippen molar-refractivity contribution in [2.45, 2.75) is 5.37 Å². The quantitative estimate of drug-likeness (QED) is 0.638. The van der Waals surface area contributed by atoms with Crippen LogP contribution < -0.4 is 4.90 Å². The lowest BCUT2D eigenvalue weighted by molar-refractivity contribution is -0.384. The fourth-order valence-corrected chi connectivity index (χ4v) is 3.76. The van der Waals surface area contributed by atoms with Crippen LogP contribution in [0.3, 0.4) is 0 Å². The number of rotatable bonds is 3. The first-order valence-corrected chi connectivity index (χ1v) is 7.54. The summed E-state index contributed by atoms with van der Waals surface area (Å²) in [5.41, 5.74) is 2.28. The first-order chi connectivity index (χ1) is 9.66. The van der Waals surface area contributed by atoms with Crippen LogP contribution >= 0.6 is 23.1 Å². The second kappa shape index (κ2) is 5.17. The number of carbonyl (C=O) groups is 1. The van der Waals surface area contributed by atoms with Gasteiger partial charge in [-0.3, -0.25) is 19.8 Å². The predicted molar refractivity (Wildman–Crippen MR) is 75.7 cm³/mol. The summed E-state index contributed by atoms with van der Waals surface area (Å²) >= 11 is 2.69. The number of nitro benzene ring substituents is 1. The van der Waals surface area contributed by atoms with Gasteiger partial charge in [-0.15, -0.1) is 22.0 Å². The minimum Gasteiger partial charge on any atom is -0.273 e. The van der Waals surface area contributed by atoms with Gasteiger partial charge in [-0.05, 0) is 5.56 Å². The zero-order valence-corrected chi connectivity index (χ0v) is 11.6. The number of non-ortho nitro benzene ring substituents is 1. The molecule has 1 amide bonds. The summed E-state index contributed by atoms with van der Waals surface area (Å²) in [6, 6.07) is 6.32. The van der Waals surface area contributed by atoms with Crippen LogP contribution in [0.5, 0.6) is 0 Å². The molecule has 1 saturated heterocycles. The average Bonchev–Trinajstić information content (AvgIpc) is 3.07. The maximum Gasteiger partial charge on any atom is 0.269 e. The van der Waals surface area contributed by atoms with Crippen molar-refractivity contribution in [3.63, 3.8) is 0 Å². The molecule has 20 heavy (non-hydrogen) atoms. The maximum atomic E-state index is 12.0. The van der Waals surface area contributed by atoms with Crippen molar-refractivity contribution in [1.29, 1.82) is 0 Å². The van der Waals surface area contributed by atoms with Crippen LogP contribution in [-0.4, -0.2) is 26.8 Å². The number of carbonyl (C=O) groups excluding carboxylic acids is 1. The van der Waals surface area contributed by atoms with Crippen LogP contribution in [0.1, 0.15) is 10.9 Å². The highest BCUT2D eigenvalue weighted by Gasteiger charge is 2.36. The number of thioether (sulfide) groups is 1. The molecule has 0 spiro atoms. The highest BCUT2D eigenvalue weighted by molar-refractivity contribution is 8.00. The Kier molecular flexibility index (Phi) is 3.36. The van der Waals surface area contributed by atoms with E-state index >= 15 is 0 Å². The van der Waals surface area contributed by atoms with E-state index in [9.17, 15) is 14.9 Å². The van der Waals surface area contributed by atoms with Crippen LogP contribution in [0.25, 0.3) is 0 Å². The first kappa shape index (κ1) is 13.0. The fraction of sp³-hybridized carbons (Fsp3) is 0.182. The van der Waals surface area contributed by atoms with Gasteiger partial charge in [0.25, 0.3) is 5.69 Å². The summed E-state index contributed by atoms with van der Waals surface area (Å²) in [7, 11) is 0. The molecule has 0 N–H and O–H groups in total. The molecule has 1 aliphatic heterocycles. The predicted octanol–water partition coefficient (Wildman–Crippen LogP) is 2.22. The molecular weight excluding hydrogens is 300 g/mol. The second-order valence-electron chi connectivity index (χ2n) is 4.00. The normalized spacial score (nSPS) is 18.5. The van der Waals surface area contributed by atoms with E-state index in [2.05, 4.69) is 10.2 Å². The van der Waals surface area contributed by atoms with Gasteiger partial charge in [0, 0.05) is 12.1 Å². The van der Waals surface area contributed by atoms with Crippen molar-refractivity contribution in [2.75, 3.05) is 10.7 Å². The Labute approximate surface area is 121 Å². The standard InChI is InChI=1S/C11H8N4O3S2/c16-9-5-19-10(14(9)11-13-12-6-20-11)7-2-1-3-8(4-7)15(17)18/h1-4,6,10H,5H2. The zero-order chi connectivity index (χ0) is 14.1. The topological polar surface area (TPSA) is 89.2 Å². The summed E-state index contributed by atoms with van der Waals surface area (Å²) in [5, 5.41) is 18.7. The molecule has 1 aromatic heterocycles.